The minimum absolute atomic E-state index is 0.614. The van der Waals surface area contributed by atoms with Gasteiger partial charge in [-0.3, -0.25) is 0 Å². The van der Waals surface area contributed by atoms with Gasteiger partial charge in [0.2, 0.25) is 0 Å². The van der Waals surface area contributed by atoms with Gasteiger partial charge in [-0.15, -0.1) is 0 Å². The molecule has 0 radical (unpaired) electrons. The van der Waals surface area contributed by atoms with Gasteiger partial charge >= 0.3 is 0 Å². The number of hydrogen-bond donors (Lipinski definition) is 1. The molecule has 5 rings (SSSR count). The largest absolute Gasteiger partial charge is 0.327 e. The summed E-state index contributed by atoms with van der Waals surface area (Å²) in [6, 6.07) is 0. The molecule has 19 heavy (non-hydrogen) atoms. The molecule has 0 atom stereocenters. The summed E-state index contributed by atoms with van der Waals surface area (Å²) in [5, 5.41) is 0. The molecule has 2 N–H and O–H groups in total. The lowest BCUT2D eigenvalue weighted by Gasteiger charge is -2.58. The normalized spacial score (nSPS) is 46.2. The van der Waals surface area contributed by atoms with Gasteiger partial charge in [0.15, 0.2) is 0 Å². The van der Waals surface area contributed by atoms with Gasteiger partial charge in [-0.2, -0.15) is 0 Å². The molecule has 0 spiro atoms. The molecule has 0 unspecified atom stereocenters. The fourth-order valence-electron chi connectivity index (χ4n) is 6.64. The van der Waals surface area contributed by atoms with E-state index in [2.05, 4.69) is 6.08 Å². The summed E-state index contributed by atoms with van der Waals surface area (Å²) in [7, 11) is 0. The SMILES string of the molecule is NC/C=C(\C1CCCC1)C12CC3CC(CC(C3)C1)C2. The summed E-state index contributed by atoms with van der Waals surface area (Å²) < 4.78 is 0. The molecule has 0 aliphatic heterocycles. The van der Waals surface area contributed by atoms with E-state index in [4.69, 9.17) is 5.73 Å². The summed E-state index contributed by atoms with van der Waals surface area (Å²) in [6.45, 7) is 0.771. The van der Waals surface area contributed by atoms with Crippen LogP contribution in [0.2, 0.25) is 0 Å². The summed E-state index contributed by atoms with van der Waals surface area (Å²) >= 11 is 0. The highest BCUT2D eigenvalue weighted by Gasteiger charge is 2.53. The second-order valence-corrected chi connectivity index (χ2v) is 8.07. The number of nitrogens with two attached hydrogens (primary N) is 1. The molecule has 106 valence electrons. The molecule has 0 aromatic carbocycles. The van der Waals surface area contributed by atoms with Crippen LogP contribution in [0.5, 0.6) is 0 Å². The predicted octanol–water partition coefficient (Wildman–Crippen LogP) is 4.28. The Hall–Kier alpha value is -0.300. The van der Waals surface area contributed by atoms with E-state index in [0.717, 1.165) is 30.2 Å². The number of allylic oxidation sites excluding steroid dienone is 1. The van der Waals surface area contributed by atoms with Gasteiger partial charge in [0, 0.05) is 6.54 Å². The van der Waals surface area contributed by atoms with E-state index in [9.17, 15) is 0 Å². The molecule has 0 heterocycles. The topological polar surface area (TPSA) is 26.0 Å². The third-order valence-corrected chi connectivity index (χ3v) is 6.78. The van der Waals surface area contributed by atoms with Crippen LogP contribution in [0.15, 0.2) is 11.6 Å². The Morgan fingerprint density at radius 1 is 0.947 bits per heavy atom. The van der Waals surface area contributed by atoms with Gasteiger partial charge in [-0.05, 0) is 80.5 Å². The fraction of sp³-hybridized carbons (Fsp3) is 0.889. The zero-order chi connectivity index (χ0) is 12.9. The lowest BCUT2D eigenvalue weighted by Crippen LogP contribution is -2.48. The third-order valence-electron chi connectivity index (χ3n) is 6.78. The summed E-state index contributed by atoms with van der Waals surface area (Å²) in [5.74, 6) is 4.09. The van der Waals surface area contributed by atoms with Crippen molar-refractivity contribution in [3.8, 4) is 0 Å². The first-order chi connectivity index (χ1) is 9.29. The Bertz CT molecular complexity index is 340. The molecular weight excluding hydrogens is 230 g/mol. The van der Waals surface area contributed by atoms with Crippen molar-refractivity contribution in [2.45, 2.75) is 64.2 Å². The van der Waals surface area contributed by atoms with Crippen molar-refractivity contribution >= 4 is 0 Å². The maximum atomic E-state index is 5.94. The van der Waals surface area contributed by atoms with Gasteiger partial charge in [-0.25, -0.2) is 0 Å². The monoisotopic (exact) mass is 259 g/mol. The third kappa shape index (κ3) is 2.00. The molecule has 5 aliphatic carbocycles. The van der Waals surface area contributed by atoms with E-state index in [1.54, 1.807) is 19.3 Å². The molecular formula is C18H29N. The first-order valence-corrected chi connectivity index (χ1v) is 8.70. The van der Waals surface area contributed by atoms with Crippen molar-refractivity contribution in [1.29, 1.82) is 0 Å². The summed E-state index contributed by atoms with van der Waals surface area (Å²) in [6.07, 6.45) is 17.5. The maximum absolute atomic E-state index is 5.94. The van der Waals surface area contributed by atoms with E-state index < -0.39 is 0 Å². The molecule has 5 saturated carbocycles. The Labute approximate surface area is 118 Å². The van der Waals surface area contributed by atoms with E-state index in [-0.39, 0.29) is 0 Å². The van der Waals surface area contributed by atoms with Crippen LogP contribution in [0.25, 0.3) is 0 Å². The standard InChI is InChI=1S/C18H29N/c19-6-5-17(16-3-1-2-4-16)18-10-13-7-14(11-18)9-15(8-13)12-18/h5,13-16H,1-4,6-12,19H2/b17-5+. The zero-order valence-corrected chi connectivity index (χ0v) is 12.2. The van der Waals surface area contributed by atoms with Crippen LogP contribution < -0.4 is 5.73 Å². The lowest BCUT2D eigenvalue weighted by molar-refractivity contribution is -0.0355. The van der Waals surface area contributed by atoms with Gasteiger partial charge < -0.3 is 5.73 Å². The molecule has 0 aromatic rings. The van der Waals surface area contributed by atoms with Crippen LogP contribution >= 0.6 is 0 Å². The Balaban J connectivity index is 1.66. The molecule has 1 heteroatoms. The van der Waals surface area contributed by atoms with Crippen molar-refractivity contribution in [1.82, 2.24) is 0 Å². The second-order valence-electron chi connectivity index (χ2n) is 8.07. The Kier molecular flexibility index (Phi) is 3.02. The quantitative estimate of drug-likeness (QED) is 0.752. The fourth-order valence-corrected chi connectivity index (χ4v) is 6.64. The molecule has 1 nitrogen and oxygen atoms in total. The van der Waals surface area contributed by atoms with E-state index in [1.807, 2.05) is 5.57 Å². The zero-order valence-electron chi connectivity index (χ0n) is 12.2. The first-order valence-electron chi connectivity index (χ1n) is 8.70. The second kappa shape index (κ2) is 4.62. The van der Waals surface area contributed by atoms with Gasteiger partial charge in [0.05, 0.1) is 0 Å². The highest BCUT2D eigenvalue weighted by Crippen LogP contribution is 2.64. The predicted molar refractivity (Wildman–Crippen MR) is 79.7 cm³/mol. The minimum atomic E-state index is 0.614. The van der Waals surface area contributed by atoms with Crippen LogP contribution in [0.3, 0.4) is 0 Å². The summed E-state index contributed by atoms with van der Waals surface area (Å²) in [4.78, 5) is 0. The van der Waals surface area contributed by atoms with Crippen LogP contribution in [-0.2, 0) is 0 Å². The van der Waals surface area contributed by atoms with Crippen molar-refractivity contribution in [2.75, 3.05) is 6.54 Å². The molecule has 5 fully saturated rings. The van der Waals surface area contributed by atoms with Crippen molar-refractivity contribution in [3.05, 3.63) is 11.6 Å². The van der Waals surface area contributed by atoms with Gasteiger partial charge in [0.25, 0.3) is 0 Å². The minimum Gasteiger partial charge on any atom is -0.327 e. The van der Waals surface area contributed by atoms with Crippen molar-refractivity contribution in [3.63, 3.8) is 0 Å². The van der Waals surface area contributed by atoms with Gasteiger partial charge in [-0.1, -0.05) is 24.5 Å². The molecule has 4 bridgehead atoms. The average molecular weight is 259 g/mol. The molecule has 0 aromatic heterocycles. The smallest absolute Gasteiger partial charge is 0.0109 e. The molecule has 0 saturated heterocycles. The Morgan fingerprint density at radius 3 is 1.95 bits per heavy atom. The van der Waals surface area contributed by atoms with E-state index >= 15 is 0 Å². The van der Waals surface area contributed by atoms with Crippen LogP contribution in [0.1, 0.15) is 64.2 Å². The average Bonchev–Trinajstić information content (AvgIpc) is 2.87. The van der Waals surface area contributed by atoms with Gasteiger partial charge in [0.1, 0.15) is 0 Å². The molecule has 5 aliphatic rings. The number of hydrogen-bond acceptors (Lipinski definition) is 1. The van der Waals surface area contributed by atoms with Crippen LogP contribution in [-0.4, -0.2) is 6.54 Å². The van der Waals surface area contributed by atoms with E-state index in [1.165, 1.54) is 44.9 Å². The van der Waals surface area contributed by atoms with E-state index in [0.29, 0.717) is 5.41 Å². The molecule has 0 amide bonds. The highest BCUT2D eigenvalue weighted by molar-refractivity contribution is 5.24. The van der Waals surface area contributed by atoms with Crippen molar-refractivity contribution < 1.29 is 0 Å². The Morgan fingerprint density at radius 2 is 1.47 bits per heavy atom. The van der Waals surface area contributed by atoms with Crippen molar-refractivity contribution in [2.24, 2.45) is 34.8 Å². The summed E-state index contributed by atoms with van der Waals surface area (Å²) in [5.41, 5.74) is 8.39. The van der Waals surface area contributed by atoms with Crippen LogP contribution in [0.4, 0.5) is 0 Å². The lowest BCUT2D eigenvalue weighted by atomic mass is 9.46. The maximum Gasteiger partial charge on any atom is 0.0109 e. The highest BCUT2D eigenvalue weighted by atomic mass is 14.6. The van der Waals surface area contributed by atoms with Crippen LogP contribution in [0, 0.1) is 29.1 Å². The first kappa shape index (κ1) is 12.4. The number of rotatable bonds is 3.